The molecule has 5 nitrogen and oxygen atoms in total. The van der Waals surface area contributed by atoms with Crippen LogP contribution in [-0.4, -0.2) is 24.4 Å². The molecule has 1 aromatic carbocycles. The lowest BCUT2D eigenvalue weighted by molar-refractivity contribution is -0.128. The third-order valence-corrected chi connectivity index (χ3v) is 2.83. The van der Waals surface area contributed by atoms with Crippen LogP contribution in [0.2, 0.25) is 0 Å². The van der Waals surface area contributed by atoms with Crippen LogP contribution in [0.25, 0.3) is 10.4 Å². The number of halogens is 1. The fourth-order valence-electron chi connectivity index (χ4n) is 1.18. The van der Waals surface area contributed by atoms with Gasteiger partial charge in [-0.05, 0) is 17.2 Å². The highest BCUT2D eigenvalue weighted by Gasteiger charge is 2.09. The van der Waals surface area contributed by atoms with Crippen LogP contribution in [0.15, 0.2) is 33.9 Å². The molecule has 16 heavy (non-hydrogen) atoms. The molecule has 0 radical (unpaired) electrons. The van der Waals surface area contributed by atoms with Gasteiger partial charge in [0, 0.05) is 23.0 Å². The minimum Gasteiger partial charge on any atom is -0.341 e. The van der Waals surface area contributed by atoms with E-state index in [0.717, 1.165) is 10.0 Å². The summed E-state index contributed by atoms with van der Waals surface area (Å²) in [5, 5.41) is 3.23. The van der Waals surface area contributed by atoms with Crippen molar-refractivity contribution in [3.8, 4) is 0 Å². The molecule has 0 spiro atoms. The molecule has 0 aliphatic rings. The first kappa shape index (κ1) is 12.5. The number of hydrogen-bond acceptors (Lipinski definition) is 2. The molecule has 0 N–H and O–H groups in total. The van der Waals surface area contributed by atoms with E-state index in [-0.39, 0.29) is 12.5 Å². The molecule has 0 aliphatic carbocycles. The highest BCUT2D eigenvalue weighted by molar-refractivity contribution is 9.10. The minimum atomic E-state index is -0.200. The topological polar surface area (TPSA) is 69.1 Å². The summed E-state index contributed by atoms with van der Waals surface area (Å²) in [6, 6.07) is 7.67. The number of carbonyl (C=O) groups is 1. The van der Waals surface area contributed by atoms with Crippen molar-refractivity contribution < 1.29 is 4.79 Å². The maximum atomic E-state index is 11.5. The number of carbonyl (C=O) groups excluding carboxylic acids is 1. The Labute approximate surface area is 102 Å². The molecule has 0 fully saturated rings. The number of benzene rings is 1. The first-order valence-corrected chi connectivity index (χ1v) is 5.42. The molecule has 0 unspecified atom stereocenters. The van der Waals surface area contributed by atoms with Crippen molar-refractivity contribution in [1.82, 2.24) is 4.90 Å². The van der Waals surface area contributed by atoms with Gasteiger partial charge in [-0.15, -0.1) is 0 Å². The molecule has 0 bridgehead atoms. The van der Waals surface area contributed by atoms with Gasteiger partial charge >= 0.3 is 0 Å². The quantitative estimate of drug-likeness (QED) is 0.476. The van der Waals surface area contributed by atoms with Crippen LogP contribution in [0.4, 0.5) is 0 Å². The molecule has 1 amide bonds. The van der Waals surface area contributed by atoms with E-state index in [4.69, 9.17) is 5.53 Å². The van der Waals surface area contributed by atoms with E-state index in [2.05, 4.69) is 26.0 Å². The summed E-state index contributed by atoms with van der Waals surface area (Å²) < 4.78 is 0.957. The minimum absolute atomic E-state index is 0.141. The van der Waals surface area contributed by atoms with Crippen molar-refractivity contribution in [2.45, 2.75) is 6.54 Å². The zero-order valence-electron chi connectivity index (χ0n) is 8.80. The molecule has 1 rings (SSSR count). The predicted octanol–water partition coefficient (Wildman–Crippen LogP) is 2.72. The van der Waals surface area contributed by atoms with Crippen molar-refractivity contribution in [2.24, 2.45) is 5.11 Å². The van der Waals surface area contributed by atoms with E-state index in [1.807, 2.05) is 24.3 Å². The van der Waals surface area contributed by atoms with Gasteiger partial charge in [0.25, 0.3) is 0 Å². The number of rotatable bonds is 4. The molecule has 0 saturated heterocycles. The van der Waals surface area contributed by atoms with Crippen LogP contribution < -0.4 is 0 Å². The van der Waals surface area contributed by atoms with Crippen molar-refractivity contribution >= 4 is 21.8 Å². The molecular weight excluding hydrogens is 272 g/mol. The maximum absolute atomic E-state index is 11.5. The Balaban J connectivity index is 2.64. The second kappa shape index (κ2) is 6.15. The third kappa shape index (κ3) is 3.56. The molecule has 6 heteroatoms. The molecule has 0 aliphatic heterocycles. The Morgan fingerprint density at radius 3 is 2.88 bits per heavy atom. The summed E-state index contributed by atoms with van der Waals surface area (Å²) >= 11 is 3.41. The Kier molecular flexibility index (Phi) is 4.82. The van der Waals surface area contributed by atoms with Gasteiger partial charge in [-0.3, -0.25) is 4.79 Å². The van der Waals surface area contributed by atoms with Crippen LogP contribution in [0.1, 0.15) is 5.56 Å². The molecule has 1 aromatic rings. The van der Waals surface area contributed by atoms with E-state index in [0.29, 0.717) is 6.54 Å². The lowest BCUT2D eigenvalue weighted by Gasteiger charge is -2.16. The number of nitrogens with zero attached hydrogens (tertiary/aromatic N) is 4. The van der Waals surface area contributed by atoms with Crippen LogP contribution in [0.3, 0.4) is 0 Å². The molecule has 0 heterocycles. The van der Waals surface area contributed by atoms with Crippen LogP contribution in [-0.2, 0) is 11.3 Å². The van der Waals surface area contributed by atoms with E-state index >= 15 is 0 Å². The SMILES string of the molecule is CN(Cc1ccccc1Br)C(=O)CN=[N+]=[N-]. The number of likely N-dealkylation sites (N-methyl/N-ethyl adjacent to an activating group) is 1. The summed E-state index contributed by atoms with van der Waals surface area (Å²) in [6.07, 6.45) is 0. The highest BCUT2D eigenvalue weighted by atomic mass is 79.9. The van der Waals surface area contributed by atoms with E-state index in [1.165, 1.54) is 4.90 Å². The van der Waals surface area contributed by atoms with Gasteiger partial charge in [0.05, 0.1) is 0 Å². The lowest BCUT2D eigenvalue weighted by atomic mass is 10.2. The van der Waals surface area contributed by atoms with E-state index < -0.39 is 0 Å². The van der Waals surface area contributed by atoms with E-state index in [1.54, 1.807) is 7.05 Å². The molecule has 0 saturated carbocycles. The Morgan fingerprint density at radius 1 is 1.56 bits per heavy atom. The van der Waals surface area contributed by atoms with Gasteiger partial charge in [0.1, 0.15) is 6.54 Å². The first-order valence-electron chi connectivity index (χ1n) is 4.63. The van der Waals surface area contributed by atoms with Gasteiger partial charge < -0.3 is 4.90 Å². The summed E-state index contributed by atoms with van der Waals surface area (Å²) in [4.78, 5) is 15.5. The smallest absolute Gasteiger partial charge is 0.228 e. The van der Waals surface area contributed by atoms with Gasteiger partial charge in [0.15, 0.2) is 0 Å². The van der Waals surface area contributed by atoms with Crippen LogP contribution in [0, 0.1) is 0 Å². The predicted molar refractivity (Wildman–Crippen MR) is 64.6 cm³/mol. The fourth-order valence-corrected chi connectivity index (χ4v) is 1.59. The molecule has 84 valence electrons. The number of hydrogen-bond donors (Lipinski definition) is 0. The number of azide groups is 1. The van der Waals surface area contributed by atoms with Gasteiger partial charge in [-0.1, -0.05) is 39.2 Å². The molecule has 0 aromatic heterocycles. The van der Waals surface area contributed by atoms with Crippen molar-refractivity contribution in [3.05, 3.63) is 44.7 Å². The summed E-state index contributed by atoms with van der Waals surface area (Å²) in [7, 11) is 1.68. The van der Waals surface area contributed by atoms with Crippen molar-refractivity contribution in [3.63, 3.8) is 0 Å². The van der Waals surface area contributed by atoms with Crippen molar-refractivity contribution in [2.75, 3.05) is 13.6 Å². The summed E-state index contributed by atoms with van der Waals surface area (Å²) in [6.45, 7) is 0.346. The largest absolute Gasteiger partial charge is 0.341 e. The van der Waals surface area contributed by atoms with Crippen molar-refractivity contribution in [1.29, 1.82) is 0 Å². The van der Waals surface area contributed by atoms with Gasteiger partial charge in [-0.2, -0.15) is 0 Å². The Morgan fingerprint density at radius 2 is 2.25 bits per heavy atom. The van der Waals surface area contributed by atoms with Crippen LogP contribution >= 0.6 is 15.9 Å². The van der Waals surface area contributed by atoms with Gasteiger partial charge in [0.2, 0.25) is 5.91 Å². The standard InChI is InChI=1S/C10H11BrN4O/c1-15(10(16)6-13-14-12)7-8-4-2-3-5-9(8)11/h2-5H,6-7H2,1H3. The second-order valence-corrected chi connectivity index (χ2v) is 4.08. The zero-order chi connectivity index (χ0) is 12.0. The summed E-state index contributed by atoms with van der Waals surface area (Å²) in [5.74, 6) is -0.200. The monoisotopic (exact) mass is 282 g/mol. The third-order valence-electron chi connectivity index (χ3n) is 2.06. The Hall–Kier alpha value is -1.52. The molecule has 0 atom stereocenters. The maximum Gasteiger partial charge on any atom is 0.228 e. The molecular formula is C10H11BrN4O. The van der Waals surface area contributed by atoms with Gasteiger partial charge in [-0.25, -0.2) is 0 Å². The lowest BCUT2D eigenvalue weighted by Crippen LogP contribution is -2.28. The zero-order valence-corrected chi connectivity index (χ0v) is 10.4. The van der Waals surface area contributed by atoms with Crippen LogP contribution in [0.5, 0.6) is 0 Å². The fraction of sp³-hybridized carbons (Fsp3) is 0.300. The first-order chi connectivity index (χ1) is 7.65. The Bertz CT molecular complexity index is 429. The summed E-state index contributed by atoms with van der Waals surface area (Å²) in [5.41, 5.74) is 9.12. The number of amides is 1. The highest BCUT2D eigenvalue weighted by Crippen LogP contribution is 2.17. The second-order valence-electron chi connectivity index (χ2n) is 3.23. The average Bonchev–Trinajstić information content (AvgIpc) is 2.28. The normalized spacial score (nSPS) is 9.38. The van der Waals surface area contributed by atoms with E-state index in [9.17, 15) is 4.79 Å². The average molecular weight is 283 g/mol.